The van der Waals surface area contributed by atoms with Crippen LogP contribution < -0.4 is 10.6 Å². The molecule has 31 heavy (non-hydrogen) atoms. The van der Waals surface area contributed by atoms with Gasteiger partial charge in [0, 0.05) is 18.1 Å². The summed E-state index contributed by atoms with van der Waals surface area (Å²) in [5.74, 6) is -2.04. The third kappa shape index (κ3) is 6.20. The number of nitrogens with one attached hydrogen (secondary N) is 2. The quantitative estimate of drug-likeness (QED) is 0.460. The zero-order valence-electron chi connectivity index (χ0n) is 17.1. The summed E-state index contributed by atoms with van der Waals surface area (Å²) in [5, 5.41) is 15.4. The highest BCUT2D eigenvalue weighted by Gasteiger charge is 2.35. The molecule has 1 aliphatic heterocycles. The Hall–Kier alpha value is -3.58. The first kappa shape index (κ1) is 23.7. The maximum absolute atomic E-state index is 12.7. The van der Waals surface area contributed by atoms with Crippen LogP contribution in [0.4, 0.5) is 4.79 Å². The third-order valence-electron chi connectivity index (χ3n) is 4.08. The van der Waals surface area contributed by atoms with Crippen molar-refractivity contribution in [2.45, 2.75) is 19.8 Å². The summed E-state index contributed by atoms with van der Waals surface area (Å²) in [6.45, 7) is 7.00. The minimum Gasteiger partial charge on any atom is -0.458 e. The van der Waals surface area contributed by atoms with Gasteiger partial charge in [-0.3, -0.25) is 15.1 Å². The van der Waals surface area contributed by atoms with Gasteiger partial charge in [0.1, 0.15) is 6.61 Å². The molecule has 1 aromatic rings. The van der Waals surface area contributed by atoms with E-state index in [4.69, 9.17) is 4.74 Å². The van der Waals surface area contributed by atoms with Crippen molar-refractivity contribution in [2.75, 3.05) is 19.0 Å². The Morgan fingerprint density at radius 2 is 2.19 bits per heavy atom. The number of pyridine rings is 1. The molecule has 0 aromatic carbocycles. The number of allylic oxidation sites excluding steroid dienone is 2. The Morgan fingerprint density at radius 1 is 1.42 bits per heavy atom. The van der Waals surface area contributed by atoms with Gasteiger partial charge in [0.25, 0.3) is 0 Å². The minimum atomic E-state index is -0.837. The van der Waals surface area contributed by atoms with Crippen LogP contribution in [0.25, 0.3) is 0 Å². The lowest BCUT2D eigenvalue weighted by molar-refractivity contribution is -0.138. The molecule has 0 spiro atoms. The molecule has 2 heterocycles. The van der Waals surface area contributed by atoms with E-state index in [9.17, 15) is 19.6 Å². The van der Waals surface area contributed by atoms with E-state index < -0.39 is 23.9 Å². The maximum Gasteiger partial charge on any atom is 0.413 e. The van der Waals surface area contributed by atoms with Crippen LogP contribution in [0.5, 0.6) is 0 Å². The van der Waals surface area contributed by atoms with E-state index in [1.165, 1.54) is 6.08 Å². The number of nitrogens with zero attached hydrogens (tertiary/aromatic N) is 2. The second-order valence-electron chi connectivity index (χ2n) is 6.18. The minimum absolute atomic E-state index is 0.0244. The molecule has 2 amide bonds. The van der Waals surface area contributed by atoms with Crippen LogP contribution in [0.15, 0.2) is 59.1 Å². The summed E-state index contributed by atoms with van der Waals surface area (Å²) in [7, 11) is 0. The largest absolute Gasteiger partial charge is 0.458 e. The maximum atomic E-state index is 12.7. The lowest BCUT2D eigenvalue weighted by atomic mass is 9.83. The fourth-order valence-electron chi connectivity index (χ4n) is 2.84. The third-order valence-corrected chi connectivity index (χ3v) is 5.10. The Bertz CT molecular complexity index is 966. The zero-order valence-corrected chi connectivity index (χ0v) is 18.0. The standard InChI is InChI=1S/C21H22N4O5S/c1-4-9-30-20(27)17-13(3)24-19(31-12-16(26)25-21(28)29-5-2)15(10-22)18(17)14-7-6-8-23-11-14/h4,6-8,11,18,24H,1,5,9,12H2,2-3H3,(H,25,26,28)/t18-/m1/s1. The van der Waals surface area contributed by atoms with E-state index in [0.29, 0.717) is 16.3 Å². The van der Waals surface area contributed by atoms with Gasteiger partial charge in [0.15, 0.2) is 0 Å². The number of alkyl carbamates (subject to hydrolysis) is 1. The molecule has 0 bridgehead atoms. The fourth-order valence-corrected chi connectivity index (χ4v) is 3.74. The highest BCUT2D eigenvalue weighted by molar-refractivity contribution is 8.03. The van der Waals surface area contributed by atoms with Crippen LogP contribution in [-0.4, -0.2) is 41.9 Å². The molecule has 10 heteroatoms. The average molecular weight is 442 g/mol. The number of hydrogen-bond acceptors (Lipinski definition) is 9. The highest BCUT2D eigenvalue weighted by Crippen LogP contribution is 2.40. The molecule has 0 saturated heterocycles. The van der Waals surface area contributed by atoms with Crippen LogP contribution in [0, 0.1) is 11.3 Å². The lowest BCUT2D eigenvalue weighted by Gasteiger charge is -2.29. The monoisotopic (exact) mass is 442 g/mol. The van der Waals surface area contributed by atoms with E-state index >= 15 is 0 Å². The van der Waals surface area contributed by atoms with Crippen LogP contribution in [0.1, 0.15) is 25.3 Å². The highest BCUT2D eigenvalue weighted by atomic mass is 32.2. The van der Waals surface area contributed by atoms with Crippen molar-refractivity contribution < 1.29 is 23.9 Å². The van der Waals surface area contributed by atoms with Crippen LogP contribution in [-0.2, 0) is 19.1 Å². The predicted molar refractivity (Wildman–Crippen MR) is 114 cm³/mol. The summed E-state index contributed by atoms with van der Waals surface area (Å²) in [5.41, 5.74) is 1.61. The van der Waals surface area contributed by atoms with Gasteiger partial charge in [0.05, 0.1) is 40.5 Å². The van der Waals surface area contributed by atoms with E-state index in [1.54, 1.807) is 38.4 Å². The molecule has 162 valence electrons. The number of ether oxygens (including phenoxy) is 2. The Balaban J connectivity index is 2.35. The van der Waals surface area contributed by atoms with Crippen molar-refractivity contribution in [2.24, 2.45) is 0 Å². The van der Waals surface area contributed by atoms with Crippen LogP contribution in [0.3, 0.4) is 0 Å². The molecule has 2 rings (SSSR count). The number of aromatic nitrogens is 1. The van der Waals surface area contributed by atoms with Crippen LogP contribution >= 0.6 is 11.8 Å². The number of thioether (sulfide) groups is 1. The number of carbonyl (C=O) groups excluding carboxylic acids is 3. The van der Waals surface area contributed by atoms with Crippen molar-refractivity contribution in [1.29, 1.82) is 5.26 Å². The molecular weight excluding hydrogens is 420 g/mol. The summed E-state index contributed by atoms with van der Waals surface area (Å²) in [6.07, 6.45) is 3.77. The summed E-state index contributed by atoms with van der Waals surface area (Å²) >= 11 is 1.04. The van der Waals surface area contributed by atoms with Gasteiger partial charge in [-0.1, -0.05) is 30.5 Å². The molecule has 0 unspecified atom stereocenters. The van der Waals surface area contributed by atoms with Crippen molar-refractivity contribution in [1.82, 2.24) is 15.6 Å². The first-order chi connectivity index (χ1) is 14.9. The number of esters is 1. The van der Waals surface area contributed by atoms with E-state index in [0.717, 1.165) is 11.8 Å². The van der Waals surface area contributed by atoms with Crippen molar-refractivity contribution in [3.8, 4) is 6.07 Å². The normalized spacial score (nSPS) is 15.5. The summed E-state index contributed by atoms with van der Waals surface area (Å²) in [4.78, 5) is 40.2. The van der Waals surface area contributed by atoms with Crippen LogP contribution in [0.2, 0.25) is 0 Å². The summed E-state index contributed by atoms with van der Waals surface area (Å²) < 4.78 is 9.89. The van der Waals surface area contributed by atoms with Gasteiger partial charge in [0.2, 0.25) is 5.91 Å². The number of dihydropyridines is 1. The summed E-state index contributed by atoms with van der Waals surface area (Å²) in [6, 6.07) is 5.59. The molecule has 2 N–H and O–H groups in total. The van der Waals surface area contributed by atoms with Gasteiger partial charge in [-0.25, -0.2) is 9.59 Å². The van der Waals surface area contributed by atoms with Gasteiger partial charge in [-0.05, 0) is 25.5 Å². The second-order valence-corrected chi connectivity index (χ2v) is 7.17. The van der Waals surface area contributed by atoms with Gasteiger partial charge in [-0.2, -0.15) is 5.26 Å². The molecular formula is C21H22N4O5S. The van der Waals surface area contributed by atoms with Crippen molar-refractivity contribution in [3.05, 3.63) is 64.6 Å². The molecule has 0 fully saturated rings. The number of carbonyl (C=O) groups is 3. The topological polar surface area (TPSA) is 130 Å². The van der Waals surface area contributed by atoms with E-state index in [1.807, 2.05) is 0 Å². The molecule has 9 nitrogen and oxygen atoms in total. The molecule has 0 radical (unpaired) electrons. The predicted octanol–water partition coefficient (Wildman–Crippen LogP) is 2.51. The fraction of sp³-hybridized carbons (Fsp3) is 0.286. The molecule has 1 aromatic heterocycles. The molecule has 1 aliphatic rings. The lowest BCUT2D eigenvalue weighted by Crippen LogP contribution is -2.33. The first-order valence-corrected chi connectivity index (χ1v) is 10.3. The van der Waals surface area contributed by atoms with E-state index in [-0.39, 0.29) is 30.1 Å². The van der Waals surface area contributed by atoms with Crippen molar-refractivity contribution in [3.63, 3.8) is 0 Å². The molecule has 0 saturated carbocycles. The average Bonchev–Trinajstić information content (AvgIpc) is 2.76. The molecule has 1 atom stereocenters. The number of hydrogen-bond donors (Lipinski definition) is 2. The Labute approximate surface area is 184 Å². The molecule has 0 aliphatic carbocycles. The van der Waals surface area contributed by atoms with Crippen molar-refractivity contribution >= 4 is 29.7 Å². The number of rotatable bonds is 8. The van der Waals surface area contributed by atoms with Gasteiger partial charge >= 0.3 is 12.1 Å². The second kappa shape index (κ2) is 11.6. The smallest absolute Gasteiger partial charge is 0.413 e. The number of nitriles is 1. The SMILES string of the molecule is C=CCOC(=O)C1=C(C)NC(SCC(=O)NC(=O)OCC)=C(C#N)[C@H]1c1cccnc1. The zero-order chi connectivity index (χ0) is 22.8. The van der Waals surface area contributed by atoms with Gasteiger partial charge in [-0.15, -0.1) is 0 Å². The van der Waals surface area contributed by atoms with Gasteiger partial charge < -0.3 is 14.8 Å². The Morgan fingerprint density at radius 3 is 2.81 bits per heavy atom. The van der Waals surface area contributed by atoms with E-state index in [2.05, 4.69) is 33.0 Å². The Kier molecular flexibility index (Phi) is 8.84. The number of imide groups is 1. The number of amides is 2. The first-order valence-electron chi connectivity index (χ1n) is 9.32.